The van der Waals surface area contributed by atoms with E-state index in [2.05, 4.69) is 20.7 Å². The Morgan fingerprint density at radius 2 is 2.31 bits per heavy atom. The maximum Gasteiger partial charge on any atom is 0.257 e. The number of aromatic nitrogens is 1. The lowest BCUT2D eigenvalue weighted by Crippen LogP contribution is -2.02. The molecule has 2 heterocycles. The summed E-state index contributed by atoms with van der Waals surface area (Å²) in [7, 11) is 1.52. The standard InChI is InChI=1S/C9H8ClN4O2/c1-15-8-2-6(10)3-11-9(8)16-5-7-4-12-14-13-7/h2-4H,5H2,1H3. The van der Waals surface area contributed by atoms with Gasteiger partial charge in [-0.25, -0.2) is 4.98 Å². The second-order valence-electron chi connectivity index (χ2n) is 2.87. The van der Waals surface area contributed by atoms with E-state index in [0.717, 1.165) is 0 Å². The molecule has 1 aromatic heterocycles. The number of hydrogen-bond donors (Lipinski definition) is 0. The number of nitrogens with zero attached hydrogens (tertiary/aromatic N) is 4. The third-order valence-electron chi connectivity index (χ3n) is 1.79. The molecule has 16 heavy (non-hydrogen) atoms. The molecule has 0 aliphatic carbocycles. The second-order valence-corrected chi connectivity index (χ2v) is 3.31. The molecular formula is C9H8ClN4O2. The molecule has 0 bridgehead atoms. The Labute approximate surface area is 96.9 Å². The van der Waals surface area contributed by atoms with Crippen molar-refractivity contribution in [2.75, 3.05) is 13.7 Å². The van der Waals surface area contributed by atoms with Crippen LogP contribution in [0.3, 0.4) is 0 Å². The van der Waals surface area contributed by atoms with Gasteiger partial charge in [0.25, 0.3) is 5.88 Å². The first-order chi connectivity index (χ1) is 7.79. The first kappa shape index (κ1) is 10.7. The second kappa shape index (κ2) is 4.80. The van der Waals surface area contributed by atoms with Crippen molar-refractivity contribution in [3.63, 3.8) is 0 Å². The van der Waals surface area contributed by atoms with Crippen molar-refractivity contribution in [1.82, 2.24) is 10.4 Å². The van der Waals surface area contributed by atoms with Gasteiger partial charge in [-0.3, -0.25) is 0 Å². The molecule has 7 heteroatoms. The van der Waals surface area contributed by atoms with Crippen LogP contribution in [-0.2, 0) is 0 Å². The number of methoxy groups -OCH3 is 1. The minimum atomic E-state index is 0.234. The molecule has 0 saturated heterocycles. The Kier molecular flexibility index (Phi) is 3.21. The van der Waals surface area contributed by atoms with Crippen LogP contribution in [-0.4, -0.2) is 18.7 Å². The van der Waals surface area contributed by atoms with Crippen molar-refractivity contribution >= 4 is 11.6 Å². The largest absolute Gasteiger partial charge is 0.491 e. The van der Waals surface area contributed by atoms with Gasteiger partial charge in [0.05, 0.1) is 18.3 Å². The minimum Gasteiger partial charge on any atom is -0.491 e. The summed E-state index contributed by atoms with van der Waals surface area (Å²) < 4.78 is 10.5. The minimum absolute atomic E-state index is 0.234. The highest BCUT2D eigenvalue weighted by molar-refractivity contribution is 6.30. The molecule has 0 N–H and O–H groups in total. The van der Waals surface area contributed by atoms with Crippen molar-refractivity contribution in [2.24, 2.45) is 10.3 Å². The first-order valence-electron chi connectivity index (χ1n) is 4.42. The zero-order valence-corrected chi connectivity index (χ0v) is 9.18. The molecule has 6 nitrogen and oxygen atoms in total. The number of halogens is 1. The molecule has 1 radical (unpaired) electrons. The van der Waals surface area contributed by atoms with Gasteiger partial charge in [-0.1, -0.05) is 11.6 Å². The van der Waals surface area contributed by atoms with Gasteiger partial charge in [0.15, 0.2) is 5.75 Å². The third kappa shape index (κ3) is 2.40. The summed E-state index contributed by atoms with van der Waals surface area (Å²) in [5.41, 5.74) is 4.20. The predicted octanol–water partition coefficient (Wildman–Crippen LogP) is 1.95. The van der Waals surface area contributed by atoms with Crippen molar-refractivity contribution in [3.05, 3.63) is 29.2 Å². The SMILES string of the molecule is COc1cc(Cl)cnc1OCC1=C[N]N=N1. The van der Waals surface area contributed by atoms with Gasteiger partial charge >= 0.3 is 0 Å². The van der Waals surface area contributed by atoms with Crippen molar-refractivity contribution in [1.29, 1.82) is 0 Å². The van der Waals surface area contributed by atoms with E-state index < -0.39 is 0 Å². The lowest BCUT2D eigenvalue weighted by atomic mass is 10.4. The van der Waals surface area contributed by atoms with Gasteiger partial charge in [-0.2, -0.15) is 0 Å². The Hall–Kier alpha value is -1.82. The fourth-order valence-electron chi connectivity index (χ4n) is 1.07. The van der Waals surface area contributed by atoms with Gasteiger partial charge in [0.2, 0.25) is 0 Å². The van der Waals surface area contributed by atoms with Crippen LogP contribution >= 0.6 is 11.6 Å². The fraction of sp³-hybridized carbons (Fsp3) is 0.222. The summed E-state index contributed by atoms with van der Waals surface area (Å²) >= 11 is 5.76. The molecule has 2 rings (SSSR count). The maximum atomic E-state index is 5.76. The van der Waals surface area contributed by atoms with E-state index in [4.69, 9.17) is 21.1 Å². The molecular weight excluding hydrogens is 232 g/mol. The average molecular weight is 240 g/mol. The monoisotopic (exact) mass is 239 g/mol. The van der Waals surface area contributed by atoms with E-state index in [1.54, 1.807) is 6.07 Å². The summed E-state index contributed by atoms with van der Waals surface area (Å²) in [5, 5.41) is 7.65. The maximum absolute atomic E-state index is 5.76. The highest BCUT2D eigenvalue weighted by Gasteiger charge is 2.09. The average Bonchev–Trinajstić information content (AvgIpc) is 2.80. The lowest BCUT2D eigenvalue weighted by Gasteiger charge is -2.08. The fourth-order valence-corrected chi connectivity index (χ4v) is 1.22. The molecule has 0 aromatic carbocycles. The summed E-state index contributed by atoms with van der Waals surface area (Å²) in [4.78, 5) is 4.00. The molecule has 1 aliphatic rings. The van der Waals surface area contributed by atoms with Gasteiger partial charge in [0.1, 0.15) is 12.3 Å². The topological polar surface area (TPSA) is 70.2 Å². The van der Waals surface area contributed by atoms with E-state index in [9.17, 15) is 0 Å². The van der Waals surface area contributed by atoms with Crippen molar-refractivity contribution in [3.8, 4) is 11.6 Å². The van der Waals surface area contributed by atoms with Crippen LogP contribution in [0.2, 0.25) is 5.02 Å². The van der Waals surface area contributed by atoms with Gasteiger partial charge < -0.3 is 9.47 Å². The predicted molar refractivity (Wildman–Crippen MR) is 56.4 cm³/mol. The van der Waals surface area contributed by atoms with E-state index in [1.807, 2.05) is 0 Å². The summed E-state index contributed by atoms with van der Waals surface area (Å²) in [6.07, 6.45) is 3.00. The Bertz CT molecular complexity index is 447. The van der Waals surface area contributed by atoms with E-state index >= 15 is 0 Å². The summed E-state index contributed by atoms with van der Waals surface area (Å²) in [5.74, 6) is 0.829. The summed E-state index contributed by atoms with van der Waals surface area (Å²) in [6, 6.07) is 1.62. The first-order valence-corrected chi connectivity index (χ1v) is 4.79. The molecule has 1 aromatic rings. The zero-order valence-electron chi connectivity index (χ0n) is 8.42. The van der Waals surface area contributed by atoms with Crippen molar-refractivity contribution < 1.29 is 9.47 Å². The number of rotatable bonds is 4. The highest BCUT2D eigenvalue weighted by atomic mass is 35.5. The Morgan fingerprint density at radius 3 is 3.00 bits per heavy atom. The zero-order chi connectivity index (χ0) is 11.4. The summed E-state index contributed by atoms with van der Waals surface area (Å²) in [6.45, 7) is 0.234. The molecule has 0 saturated carbocycles. The molecule has 83 valence electrons. The van der Waals surface area contributed by atoms with Crippen LogP contribution in [0.1, 0.15) is 0 Å². The number of ether oxygens (including phenoxy) is 2. The van der Waals surface area contributed by atoms with E-state index in [0.29, 0.717) is 22.3 Å². The third-order valence-corrected chi connectivity index (χ3v) is 2.00. The van der Waals surface area contributed by atoms with Crippen LogP contribution in [0.15, 0.2) is 34.5 Å². The molecule has 0 fully saturated rings. The quantitative estimate of drug-likeness (QED) is 0.806. The number of pyridine rings is 1. The smallest absolute Gasteiger partial charge is 0.257 e. The highest BCUT2D eigenvalue weighted by Crippen LogP contribution is 2.27. The number of hydrogen-bond acceptors (Lipinski definition) is 5. The molecule has 1 aliphatic heterocycles. The molecule has 0 atom stereocenters. The lowest BCUT2D eigenvalue weighted by molar-refractivity contribution is 0.306. The van der Waals surface area contributed by atoms with Crippen molar-refractivity contribution in [2.45, 2.75) is 0 Å². The molecule has 0 spiro atoms. The van der Waals surface area contributed by atoms with Crippen LogP contribution in [0.25, 0.3) is 0 Å². The Morgan fingerprint density at radius 1 is 1.44 bits per heavy atom. The van der Waals surface area contributed by atoms with Gasteiger partial charge in [-0.05, 0) is 5.22 Å². The molecule has 0 unspecified atom stereocenters. The Balaban J connectivity index is 2.05. The van der Waals surface area contributed by atoms with Gasteiger partial charge in [-0.15, -0.1) is 10.5 Å². The van der Waals surface area contributed by atoms with Gasteiger partial charge in [0, 0.05) is 12.3 Å². The van der Waals surface area contributed by atoms with Crippen LogP contribution in [0.5, 0.6) is 11.6 Å². The molecule has 0 amide bonds. The van der Waals surface area contributed by atoms with E-state index in [1.165, 1.54) is 19.5 Å². The van der Waals surface area contributed by atoms with Crippen LogP contribution in [0.4, 0.5) is 0 Å². The van der Waals surface area contributed by atoms with Crippen LogP contribution < -0.4 is 14.9 Å². The normalized spacial score (nSPS) is 13.2. The van der Waals surface area contributed by atoms with E-state index in [-0.39, 0.29) is 6.61 Å². The van der Waals surface area contributed by atoms with Crippen LogP contribution in [0, 0.1) is 0 Å².